The summed E-state index contributed by atoms with van der Waals surface area (Å²) in [5.41, 5.74) is -4.79. The van der Waals surface area contributed by atoms with Gasteiger partial charge in [0.15, 0.2) is 0 Å². The van der Waals surface area contributed by atoms with Crippen molar-refractivity contribution in [2.75, 3.05) is 5.32 Å². The number of benzene rings is 2. The van der Waals surface area contributed by atoms with Gasteiger partial charge in [0.05, 0.1) is 35.1 Å². The monoisotopic (exact) mass is 569 g/mol. The van der Waals surface area contributed by atoms with E-state index in [1.807, 2.05) is 6.07 Å². The molecule has 0 saturated heterocycles. The van der Waals surface area contributed by atoms with Crippen LogP contribution in [0, 0.1) is 24.1 Å². The molecule has 1 aliphatic heterocycles. The van der Waals surface area contributed by atoms with Gasteiger partial charge in [0.25, 0.3) is 17.4 Å². The van der Waals surface area contributed by atoms with Gasteiger partial charge in [-0.05, 0) is 42.3 Å². The maximum atomic E-state index is 14.9. The van der Waals surface area contributed by atoms with Gasteiger partial charge in [-0.15, -0.1) is 0 Å². The topological polar surface area (TPSA) is 92.3 Å². The Kier molecular flexibility index (Phi) is 7.12. The Morgan fingerprint density at radius 1 is 1.26 bits per heavy atom. The average molecular weight is 570 g/mol. The molecule has 0 aliphatic carbocycles. The minimum Gasteiger partial charge on any atom is -0.374 e. The number of carbonyl (C=O) groups is 1. The number of hydrogen-bond acceptors (Lipinski definition) is 5. The average Bonchev–Trinajstić information content (AvgIpc) is 3.48. The highest BCUT2D eigenvalue weighted by molar-refractivity contribution is 6.30. The Balaban J connectivity index is 1.64. The van der Waals surface area contributed by atoms with E-state index in [4.69, 9.17) is 21.7 Å². The first-order chi connectivity index (χ1) is 18.2. The van der Waals surface area contributed by atoms with Gasteiger partial charge in [-0.1, -0.05) is 22.8 Å². The number of nitriles is 1. The van der Waals surface area contributed by atoms with Crippen molar-refractivity contribution in [3.8, 4) is 6.07 Å². The van der Waals surface area contributed by atoms with Crippen molar-refractivity contribution in [3.63, 3.8) is 0 Å². The lowest BCUT2D eigenvalue weighted by molar-refractivity contribution is -0.276. The first kappa shape index (κ1) is 28.0. The molecule has 14 heteroatoms. The van der Waals surface area contributed by atoms with Gasteiger partial charge in [-0.2, -0.15) is 23.5 Å². The fraction of sp³-hybridized carbons (Fsp3) is 0.280. The van der Waals surface area contributed by atoms with Crippen LogP contribution in [0.3, 0.4) is 0 Å². The zero-order valence-corrected chi connectivity index (χ0v) is 21.0. The highest BCUT2D eigenvalue weighted by atomic mass is 35.5. The summed E-state index contributed by atoms with van der Waals surface area (Å²) in [6.45, 7) is 1.96. The molecular formula is C25H18ClF6N5O2. The number of hydrogen-bond donors (Lipinski definition) is 1. The van der Waals surface area contributed by atoms with E-state index in [-0.39, 0.29) is 23.4 Å². The number of nitrogens with one attached hydrogen (secondary N) is 1. The Labute approximate surface area is 222 Å². The van der Waals surface area contributed by atoms with Crippen molar-refractivity contribution in [3.05, 3.63) is 81.4 Å². The fourth-order valence-corrected chi connectivity index (χ4v) is 4.28. The summed E-state index contributed by atoms with van der Waals surface area (Å²) in [5, 5.41) is 17.8. The number of amides is 1. The van der Waals surface area contributed by atoms with Crippen LogP contribution in [-0.2, 0) is 22.9 Å². The third-order valence-electron chi connectivity index (χ3n) is 6.08. The Morgan fingerprint density at radius 3 is 2.59 bits per heavy atom. The number of halogens is 7. The molecule has 1 amide bonds. The van der Waals surface area contributed by atoms with Crippen molar-refractivity contribution in [2.45, 2.75) is 44.5 Å². The van der Waals surface area contributed by atoms with Crippen LogP contribution in [0.4, 0.5) is 32.0 Å². The van der Waals surface area contributed by atoms with Crippen LogP contribution in [0.15, 0.2) is 47.9 Å². The normalized spacial score (nSPS) is 17.4. The van der Waals surface area contributed by atoms with Crippen molar-refractivity contribution >= 4 is 28.9 Å². The van der Waals surface area contributed by atoms with Crippen LogP contribution in [0.2, 0.25) is 5.02 Å². The zero-order valence-electron chi connectivity index (χ0n) is 20.2. The summed E-state index contributed by atoms with van der Waals surface area (Å²) in [4.78, 5) is 17.5. The predicted octanol–water partition coefficient (Wildman–Crippen LogP) is 6.45. The second kappa shape index (κ2) is 9.92. The number of alkyl halides is 5. The minimum absolute atomic E-state index is 0.0194. The van der Waals surface area contributed by atoms with Gasteiger partial charge in [0, 0.05) is 29.8 Å². The molecule has 3 aromatic rings. The quantitative estimate of drug-likeness (QED) is 0.345. The third kappa shape index (κ3) is 5.29. The molecule has 1 N–H and O–H groups in total. The fourth-order valence-electron chi connectivity index (χ4n) is 4.06. The van der Waals surface area contributed by atoms with E-state index in [0.717, 1.165) is 0 Å². The molecule has 2 heterocycles. The molecule has 0 radical (unpaired) electrons. The van der Waals surface area contributed by atoms with E-state index in [0.29, 0.717) is 30.3 Å². The van der Waals surface area contributed by atoms with Gasteiger partial charge < -0.3 is 10.2 Å². The number of anilines is 1. The number of aryl methyl sites for hydroxylation is 1. The van der Waals surface area contributed by atoms with Crippen molar-refractivity contribution in [2.24, 2.45) is 5.16 Å². The van der Waals surface area contributed by atoms with Gasteiger partial charge in [0.1, 0.15) is 12.4 Å². The van der Waals surface area contributed by atoms with Crippen LogP contribution in [-0.4, -0.2) is 27.6 Å². The van der Waals surface area contributed by atoms with Crippen molar-refractivity contribution in [1.29, 1.82) is 5.26 Å². The number of oxime groups is 1. The van der Waals surface area contributed by atoms with Crippen molar-refractivity contribution < 1.29 is 36.0 Å². The summed E-state index contributed by atoms with van der Waals surface area (Å²) in [6, 6.07) is 6.91. The molecule has 0 unspecified atom stereocenters. The number of carbonyl (C=O) groups excluding carboxylic acids is 1. The first-order valence-electron chi connectivity index (χ1n) is 11.2. The van der Waals surface area contributed by atoms with E-state index >= 15 is 0 Å². The van der Waals surface area contributed by atoms with Crippen LogP contribution in [0.1, 0.15) is 46.0 Å². The van der Waals surface area contributed by atoms with E-state index < -0.39 is 52.0 Å². The van der Waals surface area contributed by atoms with E-state index in [1.165, 1.54) is 42.2 Å². The van der Waals surface area contributed by atoms with Crippen LogP contribution < -0.4 is 5.32 Å². The van der Waals surface area contributed by atoms with Gasteiger partial charge in [-0.3, -0.25) is 9.48 Å². The van der Waals surface area contributed by atoms with E-state index in [1.54, 1.807) is 0 Å². The second-order valence-electron chi connectivity index (χ2n) is 8.91. The SMILES string of the molecule is Cc1cc(C2=NO[C@@](c3cc(C(C)(F)F)cc(Cl)c3F)(C(F)(F)F)C2)ccc1C(=O)Nc1cnn(CC#N)c1. The summed E-state index contributed by atoms with van der Waals surface area (Å²) in [7, 11) is 0. The minimum atomic E-state index is -5.27. The number of aromatic nitrogens is 2. The molecule has 39 heavy (non-hydrogen) atoms. The lowest BCUT2D eigenvalue weighted by atomic mass is 9.84. The summed E-state index contributed by atoms with van der Waals surface area (Å²) >= 11 is 5.69. The lowest BCUT2D eigenvalue weighted by Gasteiger charge is -2.30. The van der Waals surface area contributed by atoms with Gasteiger partial charge >= 0.3 is 6.18 Å². The predicted molar refractivity (Wildman–Crippen MR) is 128 cm³/mol. The molecular weight excluding hydrogens is 552 g/mol. The first-order valence-corrected chi connectivity index (χ1v) is 11.6. The molecule has 1 aliphatic rings. The molecule has 204 valence electrons. The van der Waals surface area contributed by atoms with Crippen LogP contribution >= 0.6 is 11.6 Å². The second-order valence-corrected chi connectivity index (χ2v) is 9.31. The highest BCUT2D eigenvalue weighted by Gasteiger charge is 2.64. The molecule has 1 atom stereocenters. The maximum Gasteiger partial charge on any atom is 0.435 e. The van der Waals surface area contributed by atoms with Crippen LogP contribution in [0.5, 0.6) is 0 Å². The van der Waals surface area contributed by atoms with Crippen molar-refractivity contribution in [1.82, 2.24) is 9.78 Å². The van der Waals surface area contributed by atoms with E-state index in [9.17, 15) is 31.1 Å². The summed E-state index contributed by atoms with van der Waals surface area (Å²) in [6.07, 6.45) is -3.52. The molecule has 4 rings (SSSR count). The third-order valence-corrected chi connectivity index (χ3v) is 6.36. The summed E-state index contributed by atoms with van der Waals surface area (Å²) < 4.78 is 87.2. The standard InChI is InChI=1S/C25H18ClF6N5O2/c1-13-7-14(3-4-17(13)22(38)35-16-11-34-37(12-16)6-5-33)20-10-24(39-36-20,25(30,31)32)18-8-15(23(2,28)29)9-19(26)21(18)27/h3-4,7-9,11-12H,6,10H2,1-2H3,(H,35,38)/t24-/m0/s1. The number of nitrogens with zero attached hydrogens (tertiary/aromatic N) is 4. The van der Waals surface area contributed by atoms with Crippen LogP contribution in [0.25, 0.3) is 0 Å². The lowest BCUT2D eigenvalue weighted by Crippen LogP contribution is -2.43. The number of rotatable bonds is 6. The molecule has 7 nitrogen and oxygen atoms in total. The Morgan fingerprint density at radius 2 is 1.97 bits per heavy atom. The van der Waals surface area contributed by atoms with Gasteiger partial charge in [-0.25, -0.2) is 13.2 Å². The smallest absolute Gasteiger partial charge is 0.374 e. The largest absolute Gasteiger partial charge is 0.435 e. The molecule has 0 spiro atoms. The molecule has 0 saturated carbocycles. The Bertz CT molecular complexity index is 1520. The molecule has 2 aromatic carbocycles. The molecule has 0 fully saturated rings. The van der Waals surface area contributed by atoms with E-state index in [2.05, 4.69) is 15.6 Å². The Hall–Kier alpha value is -4.05. The highest BCUT2D eigenvalue weighted by Crippen LogP contribution is 2.51. The zero-order chi connectivity index (χ0) is 28.8. The molecule has 1 aromatic heterocycles. The summed E-state index contributed by atoms with van der Waals surface area (Å²) in [5.74, 6) is -5.71. The van der Waals surface area contributed by atoms with Gasteiger partial charge in [0.2, 0.25) is 0 Å². The molecule has 0 bridgehead atoms. The maximum absolute atomic E-state index is 14.9.